The molecule has 1 heterocycles. The minimum Gasteiger partial charge on any atom is -0.548 e. The molecule has 0 amide bonds. The van der Waals surface area contributed by atoms with Crippen LogP contribution in [0.15, 0.2) is 48.5 Å². The van der Waals surface area contributed by atoms with Crippen molar-refractivity contribution in [3.63, 3.8) is 0 Å². The van der Waals surface area contributed by atoms with E-state index in [4.69, 9.17) is 0 Å². The predicted octanol–water partition coefficient (Wildman–Crippen LogP) is 3.14. The molecule has 0 aliphatic heterocycles. The Morgan fingerprint density at radius 1 is 1.04 bits per heavy atom. The standard InChI is InChI=1S/C21H23N3O2/c1-13(20(25)26)22-19-16-7-5-6-8-17(16)23-18(24-19)14-9-11-15(12-10-14)21(2,3)4/h5-13H,1-4H3,(H,25,26)(H,22,23,24)/p-1/t13-/m1/s1. The van der Waals surface area contributed by atoms with Crippen molar-refractivity contribution in [1.29, 1.82) is 0 Å². The van der Waals surface area contributed by atoms with Gasteiger partial charge in [-0.2, -0.15) is 0 Å². The molecule has 5 nitrogen and oxygen atoms in total. The van der Waals surface area contributed by atoms with Crippen LogP contribution < -0.4 is 10.4 Å². The second-order valence-electron chi connectivity index (χ2n) is 7.43. The molecule has 3 aromatic rings. The van der Waals surface area contributed by atoms with Gasteiger partial charge >= 0.3 is 0 Å². The normalized spacial score (nSPS) is 12.8. The molecule has 1 aromatic heterocycles. The Bertz CT molecular complexity index is 944. The van der Waals surface area contributed by atoms with Crippen LogP contribution in [0.2, 0.25) is 0 Å². The summed E-state index contributed by atoms with van der Waals surface area (Å²) in [5.41, 5.74) is 2.93. The van der Waals surface area contributed by atoms with Gasteiger partial charge in [-0.3, -0.25) is 0 Å². The van der Waals surface area contributed by atoms with Crippen LogP contribution >= 0.6 is 0 Å². The molecule has 26 heavy (non-hydrogen) atoms. The molecule has 134 valence electrons. The summed E-state index contributed by atoms with van der Waals surface area (Å²) in [6.07, 6.45) is 0. The van der Waals surface area contributed by atoms with Gasteiger partial charge in [-0.05, 0) is 30.0 Å². The summed E-state index contributed by atoms with van der Waals surface area (Å²) >= 11 is 0. The molecule has 0 saturated carbocycles. The van der Waals surface area contributed by atoms with E-state index in [2.05, 4.69) is 48.2 Å². The lowest BCUT2D eigenvalue weighted by atomic mass is 9.87. The average molecular weight is 348 g/mol. The van der Waals surface area contributed by atoms with Gasteiger partial charge < -0.3 is 15.2 Å². The van der Waals surface area contributed by atoms with Gasteiger partial charge in [0.1, 0.15) is 5.82 Å². The number of anilines is 1. The number of carboxylic acid groups (broad SMARTS) is 1. The van der Waals surface area contributed by atoms with Crippen LogP contribution in [0.1, 0.15) is 33.3 Å². The summed E-state index contributed by atoms with van der Waals surface area (Å²) in [5, 5.41) is 14.8. The molecule has 0 unspecified atom stereocenters. The molecule has 0 bridgehead atoms. The zero-order valence-electron chi connectivity index (χ0n) is 15.4. The number of carbonyl (C=O) groups is 1. The van der Waals surface area contributed by atoms with Gasteiger partial charge in [-0.25, -0.2) is 9.97 Å². The number of nitrogens with one attached hydrogen (secondary N) is 1. The third kappa shape index (κ3) is 3.67. The van der Waals surface area contributed by atoms with E-state index in [1.54, 1.807) is 0 Å². The lowest BCUT2D eigenvalue weighted by Crippen LogP contribution is -2.38. The predicted molar refractivity (Wildman–Crippen MR) is 102 cm³/mol. The third-order valence-electron chi connectivity index (χ3n) is 4.32. The minimum absolute atomic E-state index is 0.0689. The van der Waals surface area contributed by atoms with Gasteiger partial charge in [0, 0.05) is 10.9 Å². The molecule has 1 N–H and O–H groups in total. The Labute approximate surface area is 153 Å². The van der Waals surface area contributed by atoms with E-state index in [9.17, 15) is 9.90 Å². The van der Waals surface area contributed by atoms with Gasteiger partial charge in [0.15, 0.2) is 5.82 Å². The lowest BCUT2D eigenvalue weighted by molar-refractivity contribution is -0.306. The summed E-state index contributed by atoms with van der Waals surface area (Å²) in [5.74, 6) is -0.136. The summed E-state index contributed by atoms with van der Waals surface area (Å²) in [6.45, 7) is 8.03. The maximum Gasteiger partial charge on any atom is 0.162 e. The van der Waals surface area contributed by atoms with Gasteiger partial charge in [0.2, 0.25) is 0 Å². The van der Waals surface area contributed by atoms with E-state index in [-0.39, 0.29) is 5.41 Å². The molecule has 3 rings (SSSR count). The zero-order chi connectivity index (χ0) is 18.9. The largest absolute Gasteiger partial charge is 0.548 e. The molecule has 2 aromatic carbocycles. The lowest BCUT2D eigenvalue weighted by Gasteiger charge is -2.19. The van der Waals surface area contributed by atoms with Crippen LogP contribution in [0.4, 0.5) is 5.82 Å². The number of hydrogen-bond donors (Lipinski definition) is 1. The van der Waals surface area contributed by atoms with Crippen LogP contribution in [0, 0.1) is 0 Å². The monoisotopic (exact) mass is 348 g/mol. The first-order valence-corrected chi connectivity index (χ1v) is 8.61. The Morgan fingerprint density at radius 3 is 2.31 bits per heavy atom. The van der Waals surface area contributed by atoms with Crippen LogP contribution in [0.3, 0.4) is 0 Å². The van der Waals surface area contributed by atoms with Gasteiger partial charge in [-0.1, -0.05) is 57.2 Å². The van der Waals surface area contributed by atoms with Gasteiger partial charge in [0.05, 0.1) is 17.5 Å². The quantitative estimate of drug-likeness (QED) is 0.784. The number of benzene rings is 2. The van der Waals surface area contributed by atoms with E-state index in [0.717, 1.165) is 16.5 Å². The Balaban J connectivity index is 2.07. The highest BCUT2D eigenvalue weighted by molar-refractivity contribution is 5.92. The molecule has 0 spiro atoms. The number of carbonyl (C=O) groups excluding carboxylic acids is 1. The van der Waals surface area contributed by atoms with E-state index in [0.29, 0.717) is 11.6 Å². The Kier molecular flexibility index (Phi) is 4.64. The van der Waals surface area contributed by atoms with E-state index in [1.165, 1.54) is 12.5 Å². The molecular formula is C21H22N3O2-. The summed E-state index contributed by atoms with van der Waals surface area (Å²) in [4.78, 5) is 20.3. The van der Waals surface area contributed by atoms with E-state index >= 15 is 0 Å². The average Bonchev–Trinajstić information content (AvgIpc) is 2.61. The first kappa shape index (κ1) is 17.9. The first-order chi connectivity index (χ1) is 12.3. The Morgan fingerprint density at radius 2 is 1.69 bits per heavy atom. The second kappa shape index (κ2) is 6.75. The molecule has 0 aliphatic rings. The molecule has 0 saturated heterocycles. The first-order valence-electron chi connectivity index (χ1n) is 8.61. The molecule has 5 heteroatoms. The van der Waals surface area contributed by atoms with Crippen LogP contribution in [0.5, 0.6) is 0 Å². The number of nitrogens with zero attached hydrogens (tertiary/aromatic N) is 2. The highest BCUT2D eigenvalue weighted by Crippen LogP contribution is 2.28. The Hall–Kier alpha value is -2.95. The van der Waals surface area contributed by atoms with Crippen LogP contribution in [0.25, 0.3) is 22.3 Å². The van der Waals surface area contributed by atoms with Gasteiger partial charge in [-0.15, -0.1) is 0 Å². The number of carboxylic acids is 1. The molecule has 0 fully saturated rings. The van der Waals surface area contributed by atoms with Crippen molar-refractivity contribution < 1.29 is 9.90 Å². The summed E-state index contributed by atoms with van der Waals surface area (Å²) in [7, 11) is 0. The highest BCUT2D eigenvalue weighted by atomic mass is 16.4. The second-order valence-corrected chi connectivity index (χ2v) is 7.43. The van der Waals surface area contributed by atoms with Crippen molar-refractivity contribution in [2.75, 3.05) is 5.32 Å². The highest BCUT2D eigenvalue weighted by Gasteiger charge is 2.15. The fraction of sp³-hybridized carbons (Fsp3) is 0.286. The number of rotatable bonds is 4. The van der Waals surface area contributed by atoms with Crippen molar-refractivity contribution in [3.8, 4) is 11.4 Å². The SMILES string of the molecule is C[C@@H](Nc1nc(-c2ccc(C(C)(C)C)cc2)nc2ccccc12)C(=O)[O-]. The van der Waals surface area contributed by atoms with Crippen molar-refractivity contribution in [1.82, 2.24) is 9.97 Å². The number of para-hydroxylation sites is 1. The van der Waals surface area contributed by atoms with Crippen LogP contribution in [-0.4, -0.2) is 22.0 Å². The molecule has 0 aliphatic carbocycles. The van der Waals surface area contributed by atoms with E-state index in [1.807, 2.05) is 36.4 Å². The summed E-state index contributed by atoms with van der Waals surface area (Å²) in [6, 6.07) is 14.8. The molecule has 1 atom stereocenters. The smallest absolute Gasteiger partial charge is 0.162 e. The number of fused-ring (bicyclic) bond motifs is 1. The molecule has 0 radical (unpaired) electrons. The fourth-order valence-electron chi connectivity index (χ4n) is 2.70. The van der Waals surface area contributed by atoms with Crippen LogP contribution in [-0.2, 0) is 10.2 Å². The molecular weight excluding hydrogens is 326 g/mol. The van der Waals surface area contributed by atoms with Crippen molar-refractivity contribution >= 4 is 22.7 Å². The van der Waals surface area contributed by atoms with Crippen molar-refractivity contribution in [2.24, 2.45) is 0 Å². The fourth-order valence-corrected chi connectivity index (χ4v) is 2.70. The maximum absolute atomic E-state index is 11.1. The minimum atomic E-state index is -1.18. The maximum atomic E-state index is 11.1. The van der Waals surface area contributed by atoms with Crippen molar-refractivity contribution in [2.45, 2.75) is 39.2 Å². The third-order valence-corrected chi connectivity index (χ3v) is 4.32. The summed E-state index contributed by atoms with van der Waals surface area (Å²) < 4.78 is 0. The number of aliphatic carboxylic acids is 1. The topological polar surface area (TPSA) is 77.9 Å². The van der Waals surface area contributed by atoms with E-state index < -0.39 is 12.0 Å². The van der Waals surface area contributed by atoms with Gasteiger partial charge in [0.25, 0.3) is 0 Å². The zero-order valence-corrected chi connectivity index (χ0v) is 15.4. The van der Waals surface area contributed by atoms with Crippen molar-refractivity contribution in [3.05, 3.63) is 54.1 Å². The number of aromatic nitrogens is 2. The number of hydrogen-bond acceptors (Lipinski definition) is 5.